The highest BCUT2D eigenvalue weighted by molar-refractivity contribution is 5.33. The van der Waals surface area contributed by atoms with E-state index >= 15 is 0 Å². The van der Waals surface area contributed by atoms with Crippen LogP contribution in [0.2, 0.25) is 0 Å². The molecular formula is C15H24O. The molecule has 1 nitrogen and oxygen atoms in total. The Morgan fingerprint density at radius 3 is 2.31 bits per heavy atom. The van der Waals surface area contributed by atoms with Crippen molar-refractivity contribution in [2.24, 2.45) is 0 Å². The van der Waals surface area contributed by atoms with Gasteiger partial charge in [0.25, 0.3) is 0 Å². The third kappa shape index (κ3) is 3.97. The Morgan fingerprint density at radius 1 is 1.12 bits per heavy atom. The van der Waals surface area contributed by atoms with Crippen molar-refractivity contribution >= 4 is 0 Å². The van der Waals surface area contributed by atoms with Crippen LogP contribution in [0.4, 0.5) is 0 Å². The van der Waals surface area contributed by atoms with Crippen LogP contribution in [0.25, 0.3) is 0 Å². The number of unbranched alkanes of at least 4 members (excludes halogenated alkanes) is 2. The molecule has 0 heterocycles. The summed E-state index contributed by atoms with van der Waals surface area (Å²) in [6.45, 7) is 6.44. The summed E-state index contributed by atoms with van der Waals surface area (Å²) in [6, 6.07) is 6.33. The van der Waals surface area contributed by atoms with Crippen molar-refractivity contribution in [3.05, 3.63) is 34.9 Å². The molecular weight excluding hydrogens is 196 g/mol. The molecule has 0 saturated heterocycles. The lowest BCUT2D eigenvalue weighted by atomic mass is 9.95. The molecule has 0 bridgehead atoms. The first-order valence-electron chi connectivity index (χ1n) is 6.38. The highest BCUT2D eigenvalue weighted by atomic mass is 16.3. The molecule has 1 aromatic rings. The number of hydrogen-bond donors (Lipinski definition) is 1. The minimum Gasteiger partial charge on any atom is -0.393 e. The van der Waals surface area contributed by atoms with Gasteiger partial charge in [0.05, 0.1) is 6.10 Å². The lowest BCUT2D eigenvalue weighted by molar-refractivity contribution is 0.161. The lowest BCUT2D eigenvalue weighted by Crippen LogP contribution is -2.12. The van der Waals surface area contributed by atoms with Crippen molar-refractivity contribution in [2.75, 3.05) is 0 Å². The van der Waals surface area contributed by atoms with E-state index in [4.69, 9.17) is 0 Å². The molecule has 0 fully saturated rings. The van der Waals surface area contributed by atoms with E-state index in [0.29, 0.717) is 0 Å². The quantitative estimate of drug-likeness (QED) is 0.723. The molecule has 1 heteroatoms. The van der Waals surface area contributed by atoms with Crippen LogP contribution in [0.3, 0.4) is 0 Å². The largest absolute Gasteiger partial charge is 0.393 e. The molecule has 90 valence electrons. The van der Waals surface area contributed by atoms with Gasteiger partial charge in [0.2, 0.25) is 0 Å². The van der Waals surface area contributed by atoms with Crippen molar-refractivity contribution in [1.29, 1.82) is 0 Å². The van der Waals surface area contributed by atoms with Gasteiger partial charge < -0.3 is 5.11 Å². The van der Waals surface area contributed by atoms with Gasteiger partial charge in [-0.05, 0) is 43.4 Å². The maximum absolute atomic E-state index is 9.98. The molecule has 1 unspecified atom stereocenters. The van der Waals surface area contributed by atoms with Gasteiger partial charge in [-0.15, -0.1) is 0 Å². The predicted molar refractivity (Wildman–Crippen MR) is 69.8 cm³/mol. The van der Waals surface area contributed by atoms with Crippen molar-refractivity contribution in [3.8, 4) is 0 Å². The summed E-state index contributed by atoms with van der Waals surface area (Å²) in [4.78, 5) is 0. The second-order valence-corrected chi connectivity index (χ2v) is 4.72. The van der Waals surface area contributed by atoms with Gasteiger partial charge in [0, 0.05) is 0 Å². The van der Waals surface area contributed by atoms with Gasteiger partial charge >= 0.3 is 0 Å². The Bertz CT molecular complexity index is 297. The van der Waals surface area contributed by atoms with E-state index in [2.05, 4.69) is 39.0 Å². The number of aliphatic hydroxyl groups is 1. The van der Waals surface area contributed by atoms with Gasteiger partial charge in [0.1, 0.15) is 0 Å². The average Bonchev–Trinajstić information content (AvgIpc) is 2.24. The number of aryl methyl sites for hydroxylation is 2. The topological polar surface area (TPSA) is 20.2 Å². The number of benzene rings is 1. The van der Waals surface area contributed by atoms with Crippen LogP contribution < -0.4 is 0 Å². The van der Waals surface area contributed by atoms with E-state index in [1.54, 1.807) is 0 Å². The van der Waals surface area contributed by atoms with Crippen LogP contribution in [0.15, 0.2) is 18.2 Å². The molecule has 0 aromatic heterocycles. The van der Waals surface area contributed by atoms with Gasteiger partial charge in [-0.3, -0.25) is 0 Å². The lowest BCUT2D eigenvalue weighted by Gasteiger charge is -2.14. The molecule has 0 spiro atoms. The van der Waals surface area contributed by atoms with E-state index in [0.717, 1.165) is 19.3 Å². The first-order chi connectivity index (χ1) is 7.65. The summed E-state index contributed by atoms with van der Waals surface area (Å²) in [7, 11) is 0. The van der Waals surface area contributed by atoms with Crippen molar-refractivity contribution < 1.29 is 5.11 Å². The minimum absolute atomic E-state index is 0.175. The van der Waals surface area contributed by atoms with Crippen LogP contribution in [0.5, 0.6) is 0 Å². The zero-order valence-corrected chi connectivity index (χ0v) is 10.8. The molecule has 0 radical (unpaired) electrons. The molecule has 1 N–H and O–H groups in total. The molecule has 16 heavy (non-hydrogen) atoms. The highest BCUT2D eigenvalue weighted by Gasteiger charge is 2.09. The maximum Gasteiger partial charge on any atom is 0.0580 e. The number of rotatable bonds is 6. The summed E-state index contributed by atoms with van der Waals surface area (Å²) in [5.41, 5.74) is 3.93. The van der Waals surface area contributed by atoms with Crippen LogP contribution in [-0.4, -0.2) is 11.2 Å². The Balaban J connectivity index is 2.52. The monoisotopic (exact) mass is 220 g/mol. The fraction of sp³-hybridized carbons (Fsp3) is 0.600. The summed E-state index contributed by atoms with van der Waals surface area (Å²) in [5.74, 6) is 0. The number of aliphatic hydroxyl groups excluding tert-OH is 1. The molecule has 1 rings (SSSR count). The highest BCUT2D eigenvalue weighted by Crippen LogP contribution is 2.17. The van der Waals surface area contributed by atoms with E-state index in [1.165, 1.54) is 29.5 Å². The van der Waals surface area contributed by atoms with Crippen molar-refractivity contribution in [1.82, 2.24) is 0 Å². The van der Waals surface area contributed by atoms with E-state index in [-0.39, 0.29) is 6.10 Å². The van der Waals surface area contributed by atoms with Crippen LogP contribution in [-0.2, 0) is 6.42 Å². The van der Waals surface area contributed by atoms with Crippen molar-refractivity contribution in [3.63, 3.8) is 0 Å². The Labute approximate surface area is 99.5 Å². The van der Waals surface area contributed by atoms with E-state index in [9.17, 15) is 5.11 Å². The molecule has 1 aromatic carbocycles. The van der Waals surface area contributed by atoms with E-state index < -0.39 is 0 Å². The zero-order chi connectivity index (χ0) is 12.0. The second-order valence-electron chi connectivity index (χ2n) is 4.72. The van der Waals surface area contributed by atoms with Gasteiger partial charge in [-0.2, -0.15) is 0 Å². The smallest absolute Gasteiger partial charge is 0.0580 e. The Hall–Kier alpha value is -0.820. The van der Waals surface area contributed by atoms with Gasteiger partial charge in [0.15, 0.2) is 0 Å². The third-order valence-corrected chi connectivity index (χ3v) is 3.23. The fourth-order valence-electron chi connectivity index (χ4n) is 2.14. The average molecular weight is 220 g/mol. The van der Waals surface area contributed by atoms with E-state index in [1.807, 2.05) is 0 Å². The first-order valence-corrected chi connectivity index (χ1v) is 6.38. The molecule has 0 aliphatic heterocycles. The summed E-state index contributed by atoms with van der Waals surface area (Å²) >= 11 is 0. The van der Waals surface area contributed by atoms with Crippen LogP contribution in [0, 0.1) is 13.8 Å². The second kappa shape index (κ2) is 6.70. The molecule has 0 amide bonds. The van der Waals surface area contributed by atoms with Crippen molar-refractivity contribution in [2.45, 2.75) is 59.0 Å². The predicted octanol–water partition coefficient (Wildman–Crippen LogP) is 3.79. The maximum atomic E-state index is 9.98. The third-order valence-electron chi connectivity index (χ3n) is 3.23. The summed E-state index contributed by atoms with van der Waals surface area (Å²) in [5, 5.41) is 9.98. The van der Waals surface area contributed by atoms with Crippen LogP contribution >= 0.6 is 0 Å². The van der Waals surface area contributed by atoms with Gasteiger partial charge in [-0.1, -0.05) is 44.4 Å². The van der Waals surface area contributed by atoms with Gasteiger partial charge in [-0.25, -0.2) is 0 Å². The molecule has 0 saturated carbocycles. The molecule has 0 aliphatic carbocycles. The first kappa shape index (κ1) is 13.2. The number of hydrogen-bond acceptors (Lipinski definition) is 1. The molecule has 0 aliphatic rings. The standard InChI is InChI=1S/C15H24O/c1-4-5-6-10-14(16)11-15-12(2)8-7-9-13(15)3/h7-9,14,16H,4-6,10-11H2,1-3H3. The fourth-order valence-corrected chi connectivity index (χ4v) is 2.14. The van der Waals surface area contributed by atoms with Crippen LogP contribution in [0.1, 0.15) is 49.3 Å². The normalized spacial score (nSPS) is 12.8. The SMILES string of the molecule is CCCCCC(O)Cc1c(C)cccc1C. The Kier molecular flexibility index (Phi) is 5.54. The minimum atomic E-state index is -0.175. The zero-order valence-electron chi connectivity index (χ0n) is 10.8. The summed E-state index contributed by atoms with van der Waals surface area (Å²) < 4.78 is 0. The molecule has 1 atom stereocenters. The Morgan fingerprint density at radius 2 is 1.75 bits per heavy atom. The summed E-state index contributed by atoms with van der Waals surface area (Å²) in [6.07, 6.45) is 5.15.